The zero-order valence-corrected chi connectivity index (χ0v) is 12.2. The van der Waals surface area contributed by atoms with Gasteiger partial charge in [-0.15, -0.1) is 24.9 Å². The zero-order valence-electron chi connectivity index (χ0n) is 11.4. The summed E-state index contributed by atoms with van der Waals surface area (Å²) in [6.45, 7) is 5.92. The SMILES string of the molecule is CC(C)(C)SCC(=O)Nc1cccc(OC(F)(F)F)c1. The van der Waals surface area contributed by atoms with E-state index in [4.69, 9.17) is 0 Å². The van der Waals surface area contributed by atoms with Gasteiger partial charge in [0.05, 0.1) is 5.75 Å². The van der Waals surface area contributed by atoms with Crippen LogP contribution in [0.15, 0.2) is 24.3 Å². The molecule has 1 rings (SSSR count). The number of carbonyl (C=O) groups is 1. The van der Waals surface area contributed by atoms with Gasteiger partial charge >= 0.3 is 6.36 Å². The van der Waals surface area contributed by atoms with Crippen LogP contribution < -0.4 is 10.1 Å². The normalized spacial score (nSPS) is 12.1. The van der Waals surface area contributed by atoms with Gasteiger partial charge in [0, 0.05) is 16.5 Å². The molecule has 0 aliphatic rings. The highest BCUT2D eigenvalue weighted by Gasteiger charge is 2.31. The van der Waals surface area contributed by atoms with Gasteiger partial charge in [-0.2, -0.15) is 0 Å². The molecule has 0 radical (unpaired) electrons. The Balaban J connectivity index is 2.60. The molecule has 7 heteroatoms. The molecule has 0 fully saturated rings. The molecule has 0 saturated carbocycles. The predicted octanol–water partition coefficient (Wildman–Crippen LogP) is 4.06. The van der Waals surface area contributed by atoms with Crippen molar-refractivity contribution in [1.82, 2.24) is 0 Å². The summed E-state index contributed by atoms with van der Waals surface area (Å²) in [6.07, 6.45) is -4.75. The molecule has 0 heterocycles. The lowest BCUT2D eigenvalue weighted by Gasteiger charge is -2.17. The van der Waals surface area contributed by atoms with Gasteiger partial charge in [0.15, 0.2) is 0 Å². The fourth-order valence-electron chi connectivity index (χ4n) is 1.25. The quantitative estimate of drug-likeness (QED) is 0.912. The highest BCUT2D eigenvalue weighted by Crippen LogP contribution is 2.26. The van der Waals surface area contributed by atoms with E-state index in [0.717, 1.165) is 6.07 Å². The Morgan fingerprint density at radius 2 is 1.95 bits per heavy atom. The molecule has 0 saturated heterocycles. The second-order valence-electron chi connectivity index (χ2n) is 5.02. The van der Waals surface area contributed by atoms with E-state index in [1.54, 1.807) is 0 Å². The number of hydrogen-bond donors (Lipinski definition) is 1. The van der Waals surface area contributed by atoms with Crippen molar-refractivity contribution in [2.24, 2.45) is 0 Å². The van der Waals surface area contributed by atoms with Gasteiger partial charge in [-0.05, 0) is 12.1 Å². The minimum absolute atomic E-state index is 0.0570. The summed E-state index contributed by atoms with van der Waals surface area (Å²) in [5.74, 6) is -0.402. The summed E-state index contributed by atoms with van der Waals surface area (Å²) >= 11 is 1.45. The molecule has 1 aromatic carbocycles. The third kappa shape index (κ3) is 7.28. The largest absolute Gasteiger partial charge is 0.573 e. The van der Waals surface area contributed by atoms with Crippen LogP contribution in [0.1, 0.15) is 20.8 Å². The maximum atomic E-state index is 12.1. The van der Waals surface area contributed by atoms with Crippen LogP contribution in [0.25, 0.3) is 0 Å². The van der Waals surface area contributed by atoms with E-state index in [1.807, 2.05) is 20.8 Å². The number of anilines is 1. The Bertz CT molecular complexity index is 469. The number of thioether (sulfide) groups is 1. The van der Waals surface area contributed by atoms with Crippen LogP contribution in [0, 0.1) is 0 Å². The first-order valence-electron chi connectivity index (χ1n) is 5.85. The summed E-state index contributed by atoms with van der Waals surface area (Å²) in [6, 6.07) is 5.19. The molecule has 1 aromatic rings. The molecule has 112 valence electrons. The third-order valence-electron chi connectivity index (χ3n) is 1.99. The van der Waals surface area contributed by atoms with E-state index in [2.05, 4.69) is 10.1 Å². The number of nitrogens with one attached hydrogen (secondary N) is 1. The average Bonchev–Trinajstić information content (AvgIpc) is 2.23. The minimum Gasteiger partial charge on any atom is -0.406 e. The van der Waals surface area contributed by atoms with Crippen molar-refractivity contribution >= 4 is 23.4 Å². The summed E-state index contributed by atoms with van der Waals surface area (Å²) in [5, 5.41) is 2.53. The first kappa shape index (κ1) is 16.7. The van der Waals surface area contributed by atoms with Crippen LogP contribution in [0.3, 0.4) is 0 Å². The lowest BCUT2D eigenvalue weighted by Crippen LogP contribution is -2.19. The molecule has 1 N–H and O–H groups in total. The van der Waals surface area contributed by atoms with Gasteiger partial charge in [0.25, 0.3) is 0 Å². The van der Waals surface area contributed by atoms with Gasteiger partial charge in [0.1, 0.15) is 5.75 Å². The van der Waals surface area contributed by atoms with E-state index in [1.165, 1.54) is 30.0 Å². The van der Waals surface area contributed by atoms with E-state index in [0.29, 0.717) is 0 Å². The Hall–Kier alpha value is -1.37. The summed E-state index contributed by atoms with van der Waals surface area (Å²) in [7, 11) is 0. The lowest BCUT2D eigenvalue weighted by molar-refractivity contribution is -0.274. The molecule has 0 atom stereocenters. The van der Waals surface area contributed by atoms with Crippen molar-refractivity contribution in [2.75, 3.05) is 11.1 Å². The van der Waals surface area contributed by atoms with Crippen LogP contribution in [0.2, 0.25) is 0 Å². The van der Waals surface area contributed by atoms with Crippen LogP contribution >= 0.6 is 11.8 Å². The molecular weight excluding hydrogens is 291 g/mol. The van der Waals surface area contributed by atoms with Crippen molar-refractivity contribution in [1.29, 1.82) is 0 Å². The summed E-state index contributed by atoms with van der Waals surface area (Å²) in [4.78, 5) is 11.7. The van der Waals surface area contributed by atoms with E-state index < -0.39 is 6.36 Å². The maximum absolute atomic E-state index is 12.1. The predicted molar refractivity (Wildman–Crippen MR) is 74.0 cm³/mol. The molecule has 0 bridgehead atoms. The monoisotopic (exact) mass is 307 g/mol. The van der Waals surface area contributed by atoms with Gasteiger partial charge < -0.3 is 10.1 Å². The van der Waals surface area contributed by atoms with E-state index in [9.17, 15) is 18.0 Å². The molecular formula is C13H16F3NO2S. The van der Waals surface area contributed by atoms with Crippen molar-refractivity contribution in [3.8, 4) is 5.75 Å². The van der Waals surface area contributed by atoms with Crippen molar-refractivity contribution in [3.05, 3.63) is 24.3 Å². The topological polar surface area (TPSA) is 38.3 Å². The fraction of sp³-hybridized carbons (Fsp3) is 0.462. The number of alkyl halides is 3. The minimum atomic E-state index is -4.75. The molecule has 0 aliphatic carbocycles. The van der Waals surface area contributed by atoms with E-state index >= 15 is 0 Å². The number of halogens is 3. The van der Waals surface area contributed by atoms with Gasteiger partial charge in [-0.3, -0.25) is 4.79 Å². The van der Waals surface area contributed by atoms with Crippen LogP contribution in [-0.4, -0.2) is 22.8 Å². The van der Waals surface area contributed by atoms with Crippen LogP contribution in [0.4, 0.5) is 18.9 Å². The van der Waals surface area contributed by atoms with Crippen molar-refractivity contribution < 1.29 is 22.7 Å². The fourth-order valence-corrected chi connectivity index (χ4v) is 1.89. The standard InChI is InChI=1S/C13H16F3NO2S/c1-12(2,3)20-8-11(18)17-9-5-4-6-10(7-9)19-13(14,15)16/h4-7H,8H2,1-3H3,(H,17,18). The zero-order chi connectivity index (χ0) is 15.4. The Kier molecular flexibility index (Phi) is 5.33. The number of amides is 1. The first-order valence-corrected chi connectivity index (χ1v) is 6.83. The Morgan fingerprint density at radius 3 is 2.50 bits per heavy atom. The number of rotatable bonds is 4. The maximum Gasteiger partial charge on any atom is 0.573 e. The number of hydrogen-bond acceptors (Lipinski definition) is 3. The van der Waals surface area contributed by atoms with Gasteiger partial charge in [0.2, 0.25) is 5.91 Å². The first-order chi connectivity index (χ1) is 9.05. The third-order valence-corrected chi connectivity index (χ3v) is 3.26. The molecule has 0 spiro atoms. The molecule has 1 amide bonds. The van der Waals surface area contributed by atoms with Gasteiger partial charge in [-0.25, -0.2) is 0 Å². The second kappa shape index (κ2) is 6.39. The summed E-state index contributed by atoms with van der Waals surface area (Å²) in [5.41, 5.74) is 0.270. The number of carbonyl (C=O) groups excluding carboxylic acids is 1. The van der Waals surface area contributed by atoms with Crippen molar-refractivity contribution in [3.63, 3.8) is 0 Å². The molecule has 0 aliphatic heterocycles. The smallest absolute Gasteiger partial charge is 0.406 e. The molecule has 20 heavy (non-hydrogen) atoms. The molecule has 0 aromatic heterocycles. The van der Waals surface area contributed by atoms with Crippen molar-refractivity contribution in [2.45, 2.75) is 31.9 Å². The Morgan fingerprint density at radius 1 is 1.30 bits per heavy atom. The highest BCUT2D eigenvalue weighted by molar-refractivity contribution is 8.01. The Labute approximate surface area is 119 Å². The van der Waals surface area contributed by atoms with Crippen LogP contribution in [-0.2, 0) is 4.79 Å². The van der Waals surface area contributed by atoms with Gasteiger partial charge in [-0.1, -0.05) is 26.8 Å². The molecule has 0 unspecified atom stereocenters. The highest BCUT2D eigenvalue weighted by atomic mass is 32.2. The lowest BCUT2D eigenvalue weighted by atomic mass is 10.3. The van der Waals surface area contributed by atoms with Crippen LogP contribution in [0.5, 0.6) is 5.75 Å². The summed E-state index contributed by atoms with van der Waals surface area (Å²) < 4.78 is 39.9. The number of benzene rings is 1. The number of ether oxygens (including phenoxy) is 1. The second-order valence-corrected chi connectivity index (χ2v) is 6.83. The molecule has 3 nitrogen and oxygen atoms in total. The average molecular weight is 307 g/mol. The van der Waals surface area contributed by atoms with E-state index in [-0.39, 0.29) is 27.8 Å².